The Morgan fingerprint density at radius 2 is 2.11 bits per heavy atom. The highest BCUT2D eigenvalue weighted by Crippen LogP contribution is 2.35. The summed E-state index contributed by atoms with van der Waals surface area (Å²) in [6.07, 6.45) is 5.15. The zero-order valence-corrected chi connectivity index (χ0v) is 11.3. The molecule has 1 aromatic carbocycles. The SMILES string of the molecule is CCC1(CCCO/C=C(/C)c2ccccc2)CO1. The first-order valence-electron chi connectivity index (χ1n) is 6.73. The predicted octanol–water partition coefficient (Wildman–Crippen LogP) is 4.02. The second-order valence-corrected chi connectivity index (χ2v) is 4.97. The molecular weight excluding hydrogens is 224 g/mol. The lowest BCUT2D eigenvalue weighted by Gasteiger charge is -2.08. The van der Waals surface area contributed by atoms with Crippen LogP contribution in [0.3, 0.4) is 0 Å². The molecular formula is C16H22O2. The van der Waals surface area contributed by atoms with Crippen LogP contribution in [0.4, 0.5) is 0 Å². The van der Waals surface area contributed by atoms with Crippen molar-refractivity contribution in [3.8, 4) is 0 Å². The van der Waals surface area contributed by atoms with Crippen molar-refractivity contribution >= 4 is 5.57 Å². The van der Waals surface area contributed by atoms with Crippen LogP contribution in [0.5, 0.6) is 0 Å². The average molecular weight is 246 g/mol. The summed E-state index contributed by atoms with van der Waals surface area (Å²) in [4.78, 5) is 0. The van der Waals surface area contributed by atoms with Crippen molar-refractivity contribution in [1.29, 1.82) is 0 Å². The van der Waals surface area contributed by atoms with Gasteiger partial charge in [0.15, 0.2) is 0 Å². The largest absolute Gasteiger partial charge is 0.501 e. The highest BCUT2D eigenvalue weighted by molar-refractivity contribution is 5.62. The Morgan fingerprint density at radius 1 is 1.39 bits per heavy atom. The van der Waals surface area contributed by atoms with Gasteiger partial charge in [-0.25, -0.2) is 0 Å². The average Bonchev–Trinajstić information content (AvgIpc) is 3.20. The minimum Gasteiger partial charge on any atom is -0.501 e. The van der Waals surface area contributed by atoms with E-state index >= 15 is 0 Å². The number of benzene rings is 1. The predicted molar refractivity (Wildman–Crippen MR) is 74.3 cm³/mol. The summed E-state index contributed by atoms with van der Waals surface area (Å²) in [5.41, 5.74) is 2.58. The fraction of sp³-hybridized carbons (Fsp3) is 0.500. The molecule has 98 valence electrons. The van der Waals surface area contributed by atoms with Crippen molar-refractivity contribution in [3.63, 3.8) is 0 Å². The van der Waals surface area contributed by atoms with Gasteiger partial charge in [0.2, 0.25) is 0 Å². The molecule has 0 spiro atoms. The minimum absolute atomic E-state index is 0.196. The second-order valence-electron chi connectivity index (χ2n) is 4.97. The van der Waals surface area contributed by atoms with Crippen LogP contribution in [0.2, 0.25) is 0 Å². The quantitative estimate of drug-likeness (QED) is 0.412. The summed E-state index contributed by atoms with van der Waals surface area (Å²) in [5, 5.41) is 0. The van der Waals surface area contributed by atoms with E-state index in [1.807, 2.05) is 24.5 Å². The van der Waals surface area contributed by atoms with Gasteiger partial charge < -0.3 is 9.47 Å². The van der Waals surface area contributed by atoms with E-state index < -0.39 is 0 Å². The van der Waals surface area contributed by atoms with Crippen LogP contribution >= 0.6 is 0 Å². The van der Waals surface area contributed by atoms with Crippen LogP contribution < -0.4 is 0 Å². The van der Waals surface area contributed by atoms with Crippen LogP contribution in [-0.4, -0.2) is 18.8 Å². The maximum atomic E-state index is 5.60. The third kappa shape index (κ3) is 3.61. The van der Waals surface area contributed by atoms with Gasteiger partial charge in [-0.05, 0) is 37.3 Å². The van der Waals surface area contributed by atoms with Gasteiger partial charge in [-0.1, -0.05) is 37.3 Å². The van der Waals surface area contributed by atoms with Crippen molar-refractivity contribution in [2.75, 3.05) is 13.2 Å². The summed E-state index contributed by atoms with van der Waals surface area (Å²) in [6.45, 7) is 5.97. The molecule has 0 amide bonds. The van der Waals surface area contributed by atoms with Gasteiger partial charge in [0.25, 0.3) is 0 Å². The van der Waals surface area contributed by atoms with E-state index in [9.17, 15) is 0 Å². The van der Waals surface area contributed by atoms with Gasteiger partial charge in [-0.3, -0.25) is 0 Å². The van der Waals surface area contributed by atoms with Gasteiger partial charge in [-0.2, -0.15) is 0 Å². The molecule has 0 radical (unpaired) electrons. The molecule has 1 atom stereocenters. The number of epoxide rings is 1. The van der Waals surface area contributed by atoms with Crippen molar-refractivity contribution < 1.29 is 9.47 Å². The Labute approximate surface area is 110 Å². The molecule has 0 aromatic heterocycles. The van der Waals surface area contributed by atoms with Crippen LogP contribution in [0, 0.1) is 0 Å². The van der Waals surface area contributed by atoms with Gasteiger partial charge in [-0.15, -0.1) is 0 Å². The first kappa shape index (κ1) is 13.2. The van der Waals surface area contributed by atoms with E-state index in [4.69, 9.17) is 9.47 Å². The summed E-state index contributed by atoms with van der Waals surface area (Å²) >= 11 is 0. The molecule has 18 heavy (non-hydrogen) atoms. The van der Waals surface area contributed by atoms with E-state index in [2.05, 4.69) is 26.0 Å². The van der Waals surface area contributed by atoms with Gasteiger partial charge in [0.1, 0.15) is 0 Å². The fourth-order valence-electron chi connectivity index (χ4n) is 2.06. The number of hydrogen-bond acceptors (Lipinski definition) is 2. The summed E-state index contributed by atoms with van der Waals surface area (Å²) in [5.74, 6) is 0. The third-order valence-electron chi connectivity index (χ3n) is 3.58. The van der Waals surface area contributed by atoms with E-state index in [-0.39, 0.29) is 5.60 Å². The molecule has 0 saturated carbocycles. The van der Waals surface area contributed by atoms with Crippen molar-refractivity contribution in [2.24, 2.45) is 0 Å². The summed E-state index contributed by atoms with van der Waals surface area (Å²) < 4.78 is 11.1. The Morgan fingerprint density at radius 3 is 2.72 bits per heavy atom. The van der Waals surface area contributed by atoms with Gasteiger partial charge in [0, 0.05) is 0 Å². The van der Waals surface area contributed by atoms with Crippen molar-refractivity contribution in [2.45, 2.75) is 38.7 Å². The monoisotopic (exact) mass is 246 g/mol. The Hall–Kier alpha value is -1.28. The molecule has 1 unspecified atom stereocenters. The first-order chi connectivity index (χ1) is 8.76. The number of allylic oxidation sites excluding steroid dienone is 1. The molecule has 0 N–H and O–H groups in total. The standard InChI is InChI=1S/C16H22O2/c1-3-16(13-18-16)10-7-11-17-12-14(2)15-8-5-4-6-9-15/h4-6,8-9,12H,3,7,10-11,13H2,1-2H3/b14-12-. The molecule has 0 bridgehead atoms. The molecule has 2 rings (SSSR count). The Kier molecular flexibility index (Phi) is 4.43. The lowest BCUT2D eigenvalue weighted by atomic mass is 10.0. The second kappa shape index (κ2) is 6.05. The molecule has 1 aliphatic rings. The van der Waals surface area contributed by atoms with Crippen molar-refractivity contribution in [3.05, 3.63) is 42.2 Å². The van der Waals surface area contributed by atoms with Gasteiger partial charge >= 0.3 is 0 Å². The minimum atomic E-state index is 0.196. The highest BCUT2D eigenvalue weighted by atomic mass is 16.6. The van der Waals surface area contributed by atoms with Crippen LogP contribution in [-0.2, 0) is 9.47 Å². The topological polar surface area (TPSA) is 21.8 Å². The summed E-state index contributed by atoms with van der Waals surface area (Å²) in [7, 11) is 0. The smallest absolute Gasteiger partial charge is 0.0915 e. The number of hydrogen-bond donors (Lipinski definition) is 0. The number of ether oxygens (including phenoxy) is 2. The molecule has 2 nitrogen and oxygen atoms in total. The molecule has 1 saturated heterocycles. The van der Waals surface area contributed by atoms with Gasteiger partial charge in [0.05, 0.1) is 25.1 Å². The lowest BCUT2D eigenvalue weighted by Crippen LogP contribution is -2.09. The Bertz CT molecular complexity index is 391. The zero-order chi connectivity index (χ0) is 12.8. The fourth-order valence-corrected chi connectivity index (χ4v) is 2.06. The normalized spacial score (nSPS) is 22.9. The zero-order valence-electron chi connectivity index (χ0n) is 11.3. The molecule has 0 aliphatic carbocycles. The van der Waals surface area contributed by atoms with Crippen LogP contribution in [0.15, 0.2) is 36.6 Å². The summed E-state index contributed by atoms with van der Waals surface area (Å²) in [6, 6.07) is 10.3. The Balaban J connectivity index is 1.68. The lowest BCUT2D eigenvalue weighted by molar-refractivity contribution is 0.213. The van der Waals surface area contributed by atoms with Crippen LogP contribution in [0.1, 0.15) is 38.7 Å². The third-order valence-corrected chi connectivity index (χ3v) is 3.58. The van der Waals surface area contributed by atoms with E-state index in [1.165, 1.54) is 11.1 Å². The maximum absolute atomic E-state index is 5.60. The first-order valence-corrected chi connectivity index (χ1v) is 6.73. The number of rotatable bonds is 7. The van der Waals surface area contributed by atoms with Crippen LogP contribution in [0.25, 0.3) is 5.57 Å². The van der Waals surface area contributed by atoms with E-state index in [0.29, 0.717) is 0 Å². The molecule has 1 aliphatic heterocycles. The molecule has 1 fully saturated rings. The van der Waals surface area contributed by atoms with E-state index in [0.717, 1.165) is 32.5 Å². The van der Waals surface area contributed by atoms with E-state index in [1.54, 1.807) is 0 Å². The molecule has 1 heterocycles. The van der Waals surface area contributed by atoms with Crippen molar-refractivity contribution in [1.82, 2.24) is 0 Å². The maximum Gasteiger partial charge on any atom is 0.0915 e. The highest BCUT2D eigenvalue weighted by Gasteiger charge is 2.41. The molecule has 2 heteroatoms. The molecule has 1 aromatic rings.